The maximum Gasteiger partial charge on any atom is 0.171 e. The van der Waals surface area contributed by atoms with Crippen molar-refractivity contribution in [1.29, 1.82) is 0 Å². The lowest BCUT2D eigenvalue weighted by Crippen LogP contribution is -2.42. The first-order valence-electron chi connectivity index (χ1n) is 6.91. The van der Waals surface area contributed by atoms with Crippen LogP contribution in [0.25, 0.3) is 0 Å². The van der Waals surface area contributed by atoms with Crippen LogP contribution in [0.4, 0.5) is 5.82 Å². The van der Waals surface area contributed by atoms with Gasteiger partial charge in [-0.25, -0.2) is 4.98 Å². The van der Waals surface area contributed by atoms with Crippen molar-refractivity contribution in [3.8, 4) is 5.75 Å². The van der Waals surface area contributed by atoms with Crippen molar-refractivity contribution in [2.45, 2.75) is 38.6 Å². The van der Waals surface area contributed by atoms with Crippen LogP contribution in [0.5, 0.6) is 5.75 Å². The highest BCUT2D eigenvalue weighted by Crippen LogP contribution is 2.33. The summed E-state index contributed by atoms with van der Waals surface area (Å²) >= 11 is 0. The average Bonchev–Trinajstić information content (AvgIpc) is 2.33. The summed E-state index contributed by atoms with van der Waals surface area (Å²) in [4.78, 5) is 6.89. The Labute approximate surface area is 109 Å². The van der Waals surface area contributed by atoms with E-state index in [1.54, 1.807) is 0 Å². The maximum absolute atomic E-state index is 5.68. The Bertz CT molecular complexity index is 366. The summed E-state index contributed by atoms with van der Waals surface area (Å²) in [7, 11) is 0. The Morgan fingerprint density at radius 3 is 2.94 bits per heavy atom. The van der Waals surface area contributed by atoms with E-state index in [0.717, 1.165) is 31.1 Å². The summed E-state index contributed by atoms with van der Waals surface area (Å²) in [5.74, 6) is 1.88. The summed E-state index contributed by atoms with van der Waals surface area (Å²) in [5.41, 5.74) is 5.63. The van der Waals surface area contributed by atoms with Gasteiger partial charge < -0.3 is 15.4 Å². The van der Waals surface area contributed by atoms with E-state index in [2.05, 4.69) is 9.88 Å². The van der Waals surface area contributed by atoms with Gasteiger partial charge in [-0.1, -0.05) is 0 Å². The molecular formula is C14H23N3O. The van der Waals surface area contributed by atoms with Crippen LogP contribution in [-0.2, 0) is 0 Å². The van der Waals surface area contributed by atoms with Crippen molar-refractivity contribution >= 4 is 5.82 Å². The SMILES string of the molecule is CCOc1cccnc1N(CCCN)C1CCC1. The van der Waals surface area contributed by atoms with Gasteiger partial charge in [0.15, 0.2) is 11.6 Å². The van der Waals surface area contributed by atoms with Gasteiger partial charge in [0.2, 0.25) is 0 Å². The molecular weight excluding hydrogens is 226 g/mol. The molecule has 100 valence electrons. The number of hydrogen-bond donors (Lipinski definition) is 1. The van der Waals surface area contributed by atoms with E-state index in [1.807, 2.05) is 25.3 Å². The van der Waals surface area contributed by atoms with Crippen LogP contribution in [0.2, 0.25) is 0 Å². The normalized spacial score (nSPS) is 15.2. The summed E-state index contributed by atoms with van der Waals surface area (Å²) in [6.45, 7) is 4.37. The Morgan fingerprint density at radius 2 is 2.33 bits per heavy atom. The molecule has 4 nitrogen and oxygen atoms in total. The number of nitrogens with zero attached hydrogens (tertiary/aromatic N) is 2. The number of aromatic nitrogens is 1. The lowest BCUT2D eigenvalue weighted by molar-refractivity contribution is 0.331. The number of nitrogens with two attached hydrogens (primary N) is 1. The van der Waals surface area contributed by atoms with Crippen LogP contribution in [0.15, 0.2) is 18.3 Å². The molecule has 1 saturated carbocycles. The van der Waals surface area contributed by atoms with Crippen molar-refractivity contribution in [2.75, 3.05) is 24.6 Å². The van der Waals surface area contributed by atoms with E-state index >= 15 is 0 Å². The number of rotatable bonds is 7. The predicted molar refractivity (Wildman–Crippen MR) is 74.1 cm³/mol. The zero-order valence-electron chi connectivity index (χ0n) is 11.1. The molecule has 0 atom stereocenters. The van der Waals surface area contributed by atoms with E-state index in [9.17, 15) is 0 Å². The predicted octanol–water partition coefficient (Wildman–Crippen LogP) is 2.19. The fourth-order valence-corrected chi connectivity index (χ4v) is 2.29. The van der Waals surface area contributed by atoms with Gasteiger partial charge in [0.25, 0.3) is 0 Å². The molecule has 0 bridgehead atoms. The van der Waals surface area contributed by atoms with Gasteiger partial charge >= 0.3 is 0 Å². The molecule has 0 unspecified atom stereocenters. The standard InChI is InChI=1S/C14H23N3O/c1-2-18-13-8-4-10-16-14(13)17(11-5-9-15)12-6-3-7-12/h4,8,10,12H,2-3,5-7,9,11,15H2,1H3. The molecule has 0 spiro atoms. The third-order valence-corrected chi connectivity index (χ3v) is 3.44. The van der Waals surface area contributed by atoms with E-state index in [1.165, 1.54) is 19.3 Å². The molecule has 1 aliphatic carbocycles. The van der Waals surface area contributed by atoms with Crippen LogP contribution < -0.4 is 15.4 Å². The number of pyridine rings is 1. The minimum atomic E-state index is 0.616. The highest BCUT2D eigenvalue weighted by atomic mass is 16.5. The zero-order valence-corrected chi connectivity index (χ0v) is 11.1. The number of anilines is 1. The molecule has 1 aliphatic rings. The lowest BCUT2D eigenvalue weighted by atomic mass is 9.91. The lowest BCUT2D eigenvalue weighted by Gasteiger charge is -2.39. The summed E-state index contributed by atoms with van der Waals surface area (Å²) in [5, 5.41) is 0. The van der Waals surface area contributed by atoms with Crippen molar-refractivity contribution in [3.63, 3.8) is 0 Å². The Morgan fingerprint density at radius 1 is 1.50 bits per heavy atom. The van der Waals surface area contributed by atoms with E-state index < -0.39 is 0 Å². The highest BCUT2D eigenvalue weighted by Gasteiger charge is 2.27. The summed E-state index contributed by atoms with van der Waals surface area (Å²) in [6, 6.07) is 4.54. The molecule has 0 aromatic carbocycles. The zero-order chi connectivity index (χ0) is 12.8. The second-order valence-corrected chi connectivity index (χ2v) is 4.68. The van der Waals surface area contributed by atoms with E-state index in [-0.39, 0.29) is 0 Å². The monoisotopic (exact) mass is 249 g/mol. The van der Waals surface area contributed by atoms with E-state index in [4.69, 9.17) is 10.5 Å². The van der Waals surface area contributed by atoms with Crippen molar-refractivity contribution in [1.82, 2.24) is 4.98 Å². The minimum absolute atomic E-state index is 0.616. The molecule has 0 saturated heterocycles. The third-order valence-electron chi connectivity index (χ3n) is 3.44. The molecule has 2 rings (SSSR count). The quantitative estimate of drug-likeness (QED) is 0.804. The first-order chi connectivity index (χ1) is 8.86. The van der Waals surface area contributed by atoms with Gasteiger partial charge in [-0.05, 0) is 51.3 Å². The smallest absolute Gasteiger partial charge is 0.171 e. The third kappa shape index (κ3) is 2.93. The molecule has 18 heavy (non-hydrogen) atoms. The molecule has 1 aromatic heterocycles. The average molecular weight is 249 g/mol. The van der Waals surface area contributed by atoms with Crippen LogP contribution >= 0.6 is 0 Å². The van der Waals surface area contributed by atoms with Crippen molar-refractivity contribution in [3.05, 3.63) is 18.3 Å². The molecule has 1 aromatic rings. The maximum atomic E-state index is 5.68. The van der Waals surface area contributed by atoms with Gasteiger partial charge in [0.05, 0.1) is 6.61 Å². The van der Waals surface area contributed by atoms with Gasteiger partial charge in [-0.2, -0.15) is 0 Å². The first kappa shape index (κ1) is 13.1. The second-order valence-electron chi connectivity index (χ2n) is 4.68. The van der Waals surface area contributed by atoms with E-state index in [0.29, 0.717) is 12.6 Å². The van der Waals surface area contributed by atoms with Crippen LogP contribution in [0, 0.1) is 0 Å². The minimum Gasteiger partial charge on any atom is -0.490 e. The number of hydrogen-bond acceptors (Lipinski definition) is 4. The second kappa shape index (κ2) is 6.59. The molecule has 2 N–H and O–H groups in total. The topological polar surface area (TPSA) is 51.4 Å². The fourth-order valence-electron chi connectivity index (χ4n) is 2.29. The van der Waals surface area contributed by atoms with Crippen molar-refractivity contribution < 1.29 is 4.74 Å². The molecule has 1 fully saturated rings. The Hall–Kier alpha value is -1.29. The summed E-state index contributed by atoms with van der Waals surface area (Å²) < 4.78 is 5.68. The largest absolute Gasteiger partial charge is 0.490 e. The highest BCUT2D eigenvalue weighted by molar-refractivity contribution is 5.53. The molecule has 0 radical (unpaired) electrons. The van der Waals surface area contributed by atoms with Gasteiger partial charge in [-0.15, -0.1) is 0 Å². The molecule has 4 heteroatoms. The molecule has 0 aliphatic heterocycles. The first-order valence-corrected chi connectivity index (χ1v) is 6.91. The molecule has 1 heterocycles. The van der Waals surface area contributed by atoms with Crippen molar-refractivity contribution in [2.24, 2.45) is 5.73 Å². The molecule has 0 amide bonds. The Kier molecular flexibility index (Phi) is 4.81. The summed E-state index contributed by atoms with van der Waals surface area (Å²) in [6.07, 6.45) is 6.67. The van der Waals surface area contributed by atoms with Gasteiger partial charge in [0, 0.05) is 18.8 Å². The van der Waals surface area contributed by atoms with Crippen LogP contribution in [0.3, 0.4) is 0 Å². The van der Waals surface area contributed by atoms with Crippen LogP contribution in [0.1, 0.15) is 32.6 Å². The van der Waals surface area contributed by atoms with Crippen LogP contribution in [-0.4, -0.2) is 30.7 Å². The fraction of sp³-hybridized carbons (Fsp3) is 0.643. The van der Waals surface area contributed by atoms with Gasteiger partial charge in [-0.3, -0.25) is 0 Å². The Balaban J connectivity index is 2.17. The number of ether oxygens (including phenoxy) is 1. The van der Waals surface area contributed by atoms with Gasteiger partial charge in [0.1, 0.15) is 0 Å².